The van der Waals surface area contributed by atoms with E-state index in [2.05, 4.69) is 5.32 Å². The van der Waals surface area contributed by atoms with Gasteiger partial charge < -0.3 is 19.7 Å². The number of methoxy groups -OCH3 is 2. The van der Waals surface area contributed by atoms with Gasteiger partial charge in [-0.15, -0.1) is 0 Å². The molecule has 1 aromatic carbocycles. The Labute approximate surface area is 141 Å². The second-order valence-electron chi connectivity index (χ2n) is 6.17. The van der Waals surface area contributed by atoms with Crippen LogP contribution in [0.2, 0.25) is 0 Å². The van der Waals surface area contributed by atoms with Gasteiger partial charge in [0.15, 0.2) is 6.54 Å². The van der Waals surface area contributed by atoms with Crippen molar-refractivity contribution in [3.05, 3.63) is 23.8 Å². The van der Waals surface area contributed by atoms with Crippen LogP contribution in [0.4, 0.5) is 4.79 Å². The molecule has 1 unspecified atom stereocenters. The van der Waals surface area contributed by atoms with Gasteiger partial charge in [-0.05, 0) is 18.2 Å². The number of urea groups is 1. The van der Waals surface area contributed by atoms with Crippen molar-refractivity contribution in [2.75, 3.05) is 40.4 Å². The molecule has 7 nitrogen and oxygen atoms in total. The molecule has 0 bridgehead atoms. The number of hydrogen-bond donors (Lipinski definition) is 2. The molecule has 3 amide bonds. The first kappa shape index (κ1) is 16.6. The van der Waals surface area contributed by atoms with Gasteiger partial charge in [0.25, 0.3) is 5.91 Å². The van der Waals surface area contributed by atoms with Crippen molar-refractivity contribution in [1.82, 2.24) is 10.2 Å². The number of rotatable bonds is 5. The highest BCUT2D eigenvalue weighted by molar-refractivity contribution is 5.96. The molecular formula is C17H24N3O4+. The SMILES string of the molecule is COc1ccc(OC)c([C@@H]2CCC[NH+]2CC(=O)N2CCNC2=O)c1. The van der Waals surface area contributed by atoms with Gasteiger partial charge in [0, 0.05) is 25.9 Å². The number of nitrogens with one attached hydrogen (secondary N) is 2. The zero-order valence-corrected chi connectivity index (χ0v) is 14.1. The van der Waals surface area contributed by atoms with Crippen LogP contribution in [-0.2, 0) is 4.79 Å². The Balaban J connectivity index is 1.78. The lowest BCUT2D eigenvalue weighted by Gasteiger charge is -2.24. The van der Waals surface area contributed by atoms with Gasteiger partial charge in [-0.3, -0.25) is 9.69 Å². The second kappa shape index (κ2) is 7.09. The molecule has 0 aromatic heterocycles. The summed E-state index contributed by atoms with van der Waals surface area (Å²) in [6.07, 6.45) is 2.03. The smallest absolute Gasteiger partial charge is 0.324 e. The van der Waals surface area contributed by atoms with Gasteiger partial charge in [0.2, 0.25) is 0 Å². The van der Waals surface area contributed by atoms with Gasteiger partial charge in [0.1, 0.15) is 17.5 Å². The maximum Gasteiger partial charge on any atom is 0.324 e. The highest BCUT2D eigenvalue weighted by Gasteiger charge is 2.36. The Morgan fingerprint density at radius 2 is 2.21 bits per heavy atom. The molecule has 2 aliphatic rings. The third-order valence-electron chi connectivity index (χ3n) is 4.83. The minimum Gasteiger partial charge on any atom is -0.497 e. The van der Waals surface area contributed by atoms with Crippen LogP contribution in [0.25, 0.3) is 0 Å². The molecule has 2 aliphatic heterocycles. The zero-order valence-electron chi connectivity index (χ0n) is 14.1. The van der Waals surface area contributed by atoms with Crippen LogP contribution in [-0.4, -0.2) is 57.2 Å². The number of imide groups is 1. The summed E-state index contributed by atoms with van der Waals surface area (Å²) >= 11 is 0. The summed E-state index contributed by atoms with van der Waals surface area (Å²) in [6, 6.07) is 5.65. The Morgan fingerprint density at radius 3 is 2.88 bits per heavy atom. The quantitative estimate of drug-likeness (QED) is 0.794. The molecule has 1 aromatic rings. The number of amides is 3. The standard InChI is InChI=1S/C17H23N3O4/c1-23-12-5-6-15(24-2)13(10-12)14-4-3-8-19(14)11-16(21)20-9-7-18-17(20)22/h5-6,10,14H,3-4,7-9,11H2,1-2H3,(H,18,22)/p+1/t14-/m0/s1. The van der Waals surface area contributed by atoms with Gasteiger partial charge in [-0.2, -0.15) is 0 Å². The van der Waals surface area contributed by atoms with Gasteiger partial charge in [-0.25, -0.2) is 4.79 Å². The number of quaternary nitrogens is 1. The molecule has 0 radical (unpaired) electrons. The van der Waals surface area contributed by atoms with Crippen molar-refractivity contribution in [3.8, 4) is 11.5 Å². The Morgan fingerprint density at radius 1 is 1.38 bits per heavy atom. The summed E-state index contributed by atoms with van der Waals surface area (Å²) in [5, 5.41) is 2.67. The highest BCUT2D eigenvalue weighted by Crippen LogP contribution is 2.31. The Hall–Kier alpha value is -2.28. The van der Waals surface area contributed by atoms with Gasteiger partial charge in [-0.1, -0.05) is 0 Å². The molecule has 0 saturated carbocycles. The first-order chi connectivity index (χ1) is 11.6. The molecule has 2 N–H and O–H groups in total. The summed E-state index contributed by atoms with van der Waals surface area (Å²) < 4.78 is 10.8. The molecule has 2 heterocycles. The highest BCUT2D eigenvalue weighted by atomic mass is 16.5. The summed E-state index contributed by atoms with van der Waals surface area (Å²) in [5.41, 5.74) is 1.06. The number of benzene rings is 1. The fraction of sp³-hybridized carbons (Fsp3) is 0.529. The van der Waals surface area contributed by atoms with Crippen LogP contribution in [0.5, 0.6) is 11.5 Å². The van der Waals surface area contributed by atoms with E-state index < -0.39 is 0 Å². The Bertz CT molecular complexity index is 634. The predicted octanol–water partition coefficient (Wildman–Crippen LogP) is -0.0246. The minimum atomic E-state index is -0.283. The van der Waals surface area contributed by atoms with E-state index in [4.69, 9.17) is 9.47 Å². The van der Waals surface area contributed by atoms with Crippen LogP contribution in [0, 0.1) is 0 Å². The van der Waals surface area contributed by atoms with Crippen molar-refractivity contribution in [2.45, 2.75) is 18.9 Å². The van der Waals surface area contributed by atoms with E-state index in [1.165, 1.54) is 9.80 Å². The molecule has 2 atom stereocenters. The summed E-state index contributed by atoms with van der Waals surface area (Å²) in [7, 11) is 3.29. The van der Waals surface area contributed by atoms with Crippen molar-refractivity contribution < 1.29 is 24.0 Å². The number of ether oxygens (including phenoxy) is 2. The largest absolute Gasteiger partial charge is 0.497 e. The minimum absolute atomic E-state index is 0.117. The van der Waals surface area contributed by atoms with E-state index in [-0.39, 0.29) is 18.0 Å². The lowest BCUT2D eigenvalue weighted by molar-refractivity contribution is -0.910. The van der Waals surface area contributed by atoms with Crippen LogP contribution >= 0.6 is 0 Å². The first-order valence-corrected chi connectivity index (χ1v) is 8.28. The molecule has 0 aliphatic carbocycles. The normalized spacial score (nSPS) is 23.2. The average molecular weight is 334 g/mol. The van der Waals surface area contributed by atoms with E-state index in [0.717, 1.165) is 36.4 Å². The van der Waals surface area contributed by atoms with Crippen LogP contribution in [0.3, 0.4) is 0 Å². The number of hydrogen-bond acceptors (Lipinski definition) is 4. The number of likely N-dealkylation sites (tertiary alicyclic amines) is 1. The average Bonchev–Trinajstić information content (AvgIpc) is 3.23. The molecule has 0 spiro atoms. The van der Waals surface area contributed by atoms with Gasteiger partial charge >= 0.3 is 6.03 Å². The van der Waals surface area contributed by atoms with Crippen LogP contribution in [0.1, 0.15) is 24.4 Å². The van der Waals surface area contributed by atoms with E-state index >= 15 is 0 Å². The lowest BCUT2D eigenvalue weighted by Crippen LogP contribution is -3.11. The van der Waals surface area contributed by atoms with Crippen LogP contribution in [0.15, 0.2) is 18.2 Å². The number of nitrogens with zero attached hydrogens (tertiary/aromatic N) is 1. The monoisotopic (exact) mass is 334 g/mol. The van der Waals surface area contributed by atoms with E-state index in [1.54, 1.807) is 14.2 Å². The molecule has 2 fully saturated rings. The fourth-order valence-electron chi connectivity index (χ4n) is 3.61. The summed E-state index contributed by atoms with van der Waals surface area (Å²) in [4.78, 5) is 26.6. The Kier molecular flexibility index (Phi) is 4.89. The van der Waals surface area contributed by atoms with Crippen molar-refractivity contribution in [3.63, 3.8) is 0 Å². The van der Waals surface area contributed by atoms with E-state index in [9.17, 15) is 9.59 Å². The molecule has 7 heteroatoms. The first-order valence-electron chi connectivity index (χ1n) is 8.28. The predicted molar refractivity (Wildman–Crippen MR) is 87.3 cm³/mol. The molecular weight excluding hydrogens is 310 g/mol. The molecule has 3 rings (SSSR count). The van der Waals surface area contributed by atoms with Crippen LogP contribution < -0.4 is 19.7 Å². The topological polar surface area (TPSA) is 72.3 Å². The third kappa shape index (κ3) is 3.17. The maximum atomic E-state index is 12.5. The fourth-order valence-corrected chi connectivity index (χ4v) is 3.61. The van der Waals surface area contributed by atoms with E-state index in [1.807, 2.05) is 18.2 Å². The molecule has 2 saturated heterocycles. The van der Waals surface area contributed by atoms with Crippen molar-refractivity contribution in [2.24, 2.45) is 0 Å². The number of carbonyl (C=O) groups is 2. The maximum absolute atomic E-state index is 12.5. The molecule has 24 heavy (non-hydrogen) atoms. The summed E-state index contributed by atoms with van der Waals surface area (Å²) in [6.45, 7) is 2.22. The third-order valence-corrected chi connectivity index (χ3v) is 4.83. The van der Waals surface area contributed by atoms with Crippen molar-refractivity contribution in [1.29, 1.82) is 0 Å². The molecule has 130 valence electrons. The lowest BCUT2D eigenvalue weighted by atomic mass is 10.0. The van der Waals surface area contributed by atoms with E-state index in [0.29, 0.717) is 19.6 Å². The second-order valence-corrected chi connectivity index (χ2v) is 6.17. The van der Waals surface area contributed by atoms with Gasteiger partial charge in [0.05, 0.1) is 26.3 Å². The van der Waals surface area contributed by atoms with Crippen molar-refractivity contribution >= 4 is 11.9 Å². The zero-order chi connectivity index (χ0) is 17.1. The number of carbonyl (C=O) groups excluding carboxylic acids is 2. The summed E-state index contributed by atoms with van der Waals surface area (Å²) in [5.74, 6) is 1.47.